The van der Waals surface area contributed by atoms with Gasteiger partial charge in [-0.2, -0.15) is 0 Å². The van der Waals surface area contributed by atoms with Gasteiger partial charge in [0, 0.05) is 24.6 Å². The molecule has 1 heterocycles. The Hall–Kier alpha value is -2.14. The first kappa shape index (κ1) is 13.3. The van der Waals surface area contributed by atoms with Gasteiger partial charge in [0.1, 0.15) is 5.82 Å². The van der Waals surface area contributed by atoms with Gasteiger partial charge in [-0.3, -0.25) is 4.98 Å². The summed E-state index contributed by atoms with van der Waals surface area (Å²) in [5.41, 5.74) is 1.36. The summed E-state index contributed by atoms with van der Waals surface area (Å²) in [7, 11) is 0. The summed E-state index contributed by atoms with van der Waals surface area (Å²) >= 11 is 5.62. The zero-order valence-corrected chi connectivity index (χ0v) is 10.6. The summed E-state index contributed by atoms with van der Waals surface area (Å²) in [6, 6.07) is 7.19. The van der Waals surface area contributed by atoms with E-state index in [4.69, 9.17) is 11.6 Å². The molecule has 98 valence electrons. The molecule has 0 saturated heterocycles. The van der Waals surface area contributed by atoms with Crippen molar-refractivity contribution in [3.05, 3.63) is 59.1 Å². The summed E-state index contributed by atoms with van der Waals surface area (Å²) in [6.07, 6.45) is 3.29. The second kappa shape index (κ2) is 6.15. The Morgan fingerprint density at radius 3 is 2.68 bits per heavy atom. The standard InChI is InChI=1S/C13H11ClFN3O/c14-11-7-10(1-2-12(11)15)18-13(19)17-8-9-3-5-16-6-4-9/h1-7H,8H2,(H2,17,18,19). The van der Waals surface area contributed by atoms with Crippen molar-refractivity contribution in [2.24, 2.45) is 0 Å². The highest BCUT2D eigenvalue weighted by molar-refractivity contribution is 6.31. The molecule has 19 heavy (non-hydrogen) atoms. The van der Waals surface area contributed by atoms with E-state index in [0.29, 0.717) is 12.2 Å². The van der Waals surface area contributed by atoms with E-state index >= 15 is 0 Å². The first-order valence-electron chi connectivity index (χ1n) is 5.54. The van der Waals surface area contributed by atoms with Crippen molar-refractivity contribution in [2.75, 3.05) is 5.32 Å². The molecule has 0 aliphatic rings. The van der Waals surface area contributed by atoms with Crippen LogP contribution in [0.2, 0.25) is 5.02 Å². The van der Waals surface area contributed by atoms with Crippen molar-refractivity contribution in [2.45, 2.75) is 6.54 Å². The minimum absolute atomic E-state index is 0.0352. The molecule has 0 fully saturated rings. The molecule has 0 aliphatic heterocycles. The van der Waals surface area contributed by atoms with E-state index in [-0.39, 0.29) is 11.1 Å². The minimum Gasteiger partial charge on any atom is -0.334 e. The summed E-state index contributed by atoms with van der Waals surface area (Å²) in [5, 5.41) is 5.20. The number of benzene rings is 1. The molecule has 4 nitrogen and oxygen atoms in total. The predicted octanol–water partition coefficient (Wildman–Crippen LogP) is 3.20. The largest absolute Gasteiger partial charge is 0.334 e. The fourth-order valence-corrected chi connectivity index (χ4v) is 1.61. The maximum atomic E-state index is 12.9. The van der Waals surface area contributed by atoms with Crippen LogP contribution in [0.3, 0.4) is 0 Å². The number of halogens is 2. The Kier molecular flexibility index (Phi) is 4.30. The van der Waals surface area contributed by atoms with E-state index in [0.717, 1.165) is 5.56 Å². The highest BCUT2D eigenvalue weighted by Gasteiger charge is 2.04. The molecule has 2 rings (SSSR count). The van der Waals surface area contributed by atoms with Crippen molar-refractivity contribution in [3.8, 4) is 0 Å². The molecule has 0 aliphatic carbocycles. The van der Waals surface area contributed by atoms with Gasteiger partial charge in [0.15, 0.2) is 0 Å². The average molecular weight is 280 g/mol. The van der Waals surface area contributed by atoms with Gasteiger partial charge in [-0.1, -0.05) is 11.6 Å². The second-order valence-electron chi connectivity index (χ2n) is 3.79. The van der Waals surface area contributed by atoms with Gasteiger partial charge in [0.2, 0.25) is 0 Å². The number of nitrogens with zero attached hydrogens (tertiary/aromatic N) is 1. The first-order valence-corrected chi connectivity index (χ1v) is 5.92. The smallest absolute Gasteiger partial charge is 0.319 e. The van der Waals surface area contributed by atoms with Crippen LogP contribution in [0.4, 0.5) is 14.9 Å². The quantitative estimate of drug-likeness (QED) is 0.906. The Labute approximate surface area is 114 Å². The zero-order chi connectivity index (χ0) is 13.7. The van der Waals surface area contributed by atoms with Gasteiger partial charge in [-0.25, -0.2) is 9.18 Å². The van der Waals surface area contributed by atoms with Gasteiger partial charge >= 0.3 is 6.03 Å². The van der Waals surface area contributed by atoms with Crippen LogP contribution in [0.5, 0.6) is 0 Å². The Morgan fingerprint density at radius 1 is 1.26 bits per heavy atom. The van der Waals surface area contributed by atoms with Crippen LogP contribution in [0.15, 0.2) is 42.7 Å². The molecule has 2 N–H and O–H groups in total. The predicted molar refractivity (Wildman–Crippen MR) is 71.5 cm³/mol. The van der Waals surface area contributed by atoms with Gasteiger partial charge < -0.3 is 10.6 Å². The molecule has 0 atom stereocenters. The molecule has 2 aromatic rings. The van der Waals surface area contributed by atoms with Crippen LogP contribution in [-0.4, -0.2) is 11.0 Å². The van der Waals surface area contributed by atoms with E-state index < -0.39 is 5.82 Å². The molecule has 1 aromatic carbocycles. The van der Waals surface area contributed by atoms with Gasteiger partial charge in [0.05, 0.1) is 5.02 Å². The molecule has 6 heteroatoms. The molecule has 0 saturated carbocycles. The number of anilines is 1. The molecule has 0 unspecified atom stereocenters. The Balaban J connectivity index is 1.89. The van der Waals surface area contributed by atoms with E-state index in [1.165, 1.54) is 18.2 Å². The summed E-state index contributed by atoms with van der Waals surface area (Å²) in [5.74, 6) is -0.524. The summed E-state index contributed by atoms with van der Waals surface area (Å²) in [6.45, 7) is 0.378. The topological polar surface area (TPSA) is 54.0 Å². The first-order chi connectivity index (χ1) is 9.15. The fourth-order valence-electron chi connectivity index (χ4n) is 1.43. The van der Waals surface area contributed by atoms with E-state index in [2.05, 4.69) is 15.6 Å². The second-order valence-corrected chi connectivity index (χ2v) is 4.20. The third-order valence-electron chi connectivity index (χ3n) is 2.38. The van der Waals surface area contributed by atoms with Crippen LogP contribution < -0.4 is 10.6 Å². The summed E-state index contributed by atoms with van der Waals surface area (Å²) in [4.78, 5) is 15.5. The van der Waals surface area contributed by atoms with Crippen LogP contribution in [0, 0.1) is 5.82 Å². The lowest BCUT2D eigenvalue weighted by molar-refractivity contribution is 0.251. The monoisotopic (exact) mass is 279 g/mol. The number of pyridine rings is 1. The third-order valence-corrected chi connectivity index (χ3v) is 2.67. The number of hydrogen-bond donors (Lipinski definition) is 2. The average Bonchev–Trinajstić information content (AvgIpc) is 2.42. The van der Waals surface area contributed by atoms with Gasteiger partial charge in [-0.15, -0.1) is 0 Å². The molecule has 1 aromatic heterocycles. The number of carbonyl (C=O) groups excluding carboxylic acids is 1. The van der Waals surface area contributed by atoms with Crippen LogP contribution in [0.25, 0.3) is 0 Å². The van der Waals surface area contributed by atoms with E-state index in [1.807, 2.05) is 0 Å². The van der Waals surface area contributed by atoms with Crippen molar-refractivity contribution >= 4 is 23.3 Å². The lowest BCUT2D eigenvalue weighted by atomic mass is 10.3. The van der Waals surface area contributed by atoms with Crippen molar-refractivity contribution in [1.29, 1.82) is 0 Å². The third kappa shape index (κ3) is 3.93. The molecule has 0 radical (unpaired) electrons. The van der Waals surface area contributed by atoms with Gasteiger partial charge in [0.25, 0.3) is 0 Å². The van der Waals surface area contributed by atoms with Crippen molar-refractivity contribution in [1.82, 2.24) is 10.3 Å². The number of carbonyl (C=O) groups is 1. The number of nitrogens with one attached hydrogen (secondary N) is 2. The maximum Gasteiger partial charge on any atom is 0.319 e. The van der Waals surface area contributed by atoms with Crippen LogP contribution >= 0.6 is 11.6 Å². The molecule has 0 spiro atoms. The minimum atomic E-state index is -0.524. The lowest BCUT2D eigenvalue weighted by Crippen LogP contribution is -2.28. The zero-order valence-electron chi connectivity index (χ0n) is 9.86. The molecule has 2 amide bonds. The highest BCUT2D eigenvalue weighted by Crippen LogP contribution is 2.19. The van der Waals surface area contributed by atoms with E-state index in [9.17, 15) is 9.18 Å². The fraction of sp³-hybridized carbons (Fsp3) is 0.0769. The molecular formula is C13H11ClFN3O. The SMILES string of the molecule is O=C(NCc1ccncc1)Nc1ccc(F)c(Cl)c1. The number of urea groups is 1. The summed E-state index contributed by atoms with van der Waals surface area (Å²) < 4.78 is 12.9. The Bertz CT molecular complexity index is 577. The van der Waals surface area contributed by atoms with E-state index in [1.54, 1.807) is 24.5 Å². The highest BCUT2D eigenvalue weighted by atomic mass is 35.5. The number of hydrogen-bond acceptors (Lipinski definition) is 2. The van der Waals surface area contributed by atoms with Crippen LogP contribution in [0.1, 0.15) is 5.56 Å². The normalized spacial score (nSPS) is 10.0. The van der Waals surface area contributed by atoms with Crippen molar-refractivity contribution in [3.63, 3.8) is 0 Å². The van der Waals surface area contributed by atoms with Gasteiger partial charge in [-0.05, 0) is 35.9 Å². The Morgan fingerprint density at radius 2 is 2.00 bits per heavy atom. The number of rotatable bonds is 3. The lowest BCUT2D eigenvalue weighted by Gasteiger charge is -2.08. The number of aromatic nitrogens is 1. The maximum absolute atomic E-state index is 12.9. The molecular weight excluding hydrogens is 269 g/mol. The number of amides is 2. The van der Waals surface area contributed by atoms with Crippen LogP contribution in [-0.2, 0) is 6.54 Å². The van der Waals surface area contributed by atoms with Crippen molar-refractivity contribution < 1.29 is 9.18 Å². The molecule has 0 bridgehead atoms.